The first kappa shape index (κ1) is 13.7. The molecule has 0 aliphatic heterocycles. The number of benzene rings is 1. The molecule has 0 spiro atoms. The van der Waals surface area contributed by atoms with Crippen LogP contribution in [0.25, 0.3) is 22.9 Å². The third-order valence-electron chi connectivity index (χ3n) is 3.03. The zero-order valence-corrected chi connectivity index (χ0v) is 11.6. The molecule has 2 aromatic heterocycles. The van der Waals surface area contributed by atoms with Crippen LogP contribution < -0.4 is 4.74 Å². The number of aromatic amines is 1. The third kappa shape index (κ3) is 2.49. The lowest BCUT2D eigenvalue weighted by atomic mass is 10.1. The summed E-state index contributed by atoms with van der Waals surface area (Å²) in [6.45, 7) is 0. The van der Waals surface area contributed by atoms with Crippen LogP contribution in [-0.2, 0) is 0 Å². The van der Waals surface area contributed by atoms with Gasteiger partial charge in [0, 0.05) is 18.3 Å². The molecule has 2 heterocycles. The average Bonchev–Trinajstić information content (AvgIpc) is 3.05. The van der Waals surface area contributed by atoms with Gasteiger partial charge >= 0.3 is 0 Å². The molecule has 0 saturated heterocycles. The van der Waals surface area contributed by atoms with Crippen molar-refractivity contribution < 1.29 is 9.66 Å². The lowest BCUT2D eigenvalue weighted by molar-refractivity contribution is -0.384. The Kier molecular flexibility index (Phi) is 3.48. The van der Waals surface area contributed by atoms with Crippen LogP contribution in [0.4, 0.5) is 5.69 Å². The molecule has 0 radical (unpaired) electrons. The van der Waals surface area contributed by atoms with E-state index in [2.05, 4.69) is 20.2 Å². The zero-order chi connectivity index (χ0) is 15.5. The first-order chi connectivity index (χ1) is 10.7. The highest BCUT2D eigenvalue weighted by Crippen LogP contribution is 2.31. The van der Waals surface area contributed by atoms with Gasteiger partial charge in [0.15, 0.2) is 11.6 Å². The Bertz CT molecular complexity index is 816. The number of methoxy groups -OCH3 is 1. The Morgan fingerprint density at radius 1 is 1.27 bits per heavy atom. The fourth-order valence-electron chi connectivity index (χ4n) is 1.98. The van der Waals surface area contributed by atoms with Gasteiger partial charge < -0.3 is 4.74 Å². The molecular formula is C14H11N5O3. The van der Waals surface area contributed by atoms with Gasteiger partial charge in [-0.05, 0) is 18.2 Å². The van der Waals surface area contributed by atoms with Crippen molar-refractivity contribution in [1.29, 1.82) is 0 Å². The Morgan fingerprint density at radius 3 is 2.82 bits per heavy atom. The summed E-state index contributed by atoms with van der Waals surface area (Å²) in [7, 11) is 1.48. The number of nitro groups is 1. The topological polar surface area (TPSA) is 107 Å². The normalized spacial score (nSPS) is 10.4. The number of pyridine rings is 1. The molecule has 0 aliphatic carbocycles. The van der Waals surface area contributed by atoms with Crippen molar-refractivity contribution in [3.8, 4) is 28.7 Å². The zero-order valence-electron chi connectivity index (χ0n) is 11.6. The second-order valence-electron chi connectivity index (χ2n) is 4.36. The maximum atomic E-state index is 10.9. The van der Waals surface area contributed by atoms with Gasteiger partial charge in [-0.3, -0.25) is 20.2 Å². The second kappa shape index (κ2) is 5.60. The van der Waals surface area contributed by atoms with E-state index in [0.29, 0.717) is 28.7 Å². The number of ether oxygens (including phenoxy) is 1. The molecule has 0 aliphatic rings. The minimum Gasteiger partial charge on any atom is -0.496 e. The van der Waals surface area contributed by atoms with Crippen LogP contribution in [0.3, 0.4) is 0 Å². The quantitative estimate of drug-likeness (QED) is 0.585. The largest absolute Gasteiger partial charge is 0.496 e. The first-order valence-electron chi connectivity index (χ1n) is 6.35. The maximum absolute atomic E-state index is 10.9. The lowest BCUT2D eigenvalue weighted by Crippen LogP contribution is -1.93. The first-order valence-corrected chi connectivity index (χ1v) is 6.35. The summed E-state index contributed by atoms with van der Waals surface area (Å²) in [6, 6.07) is 9.68. The Balaban J connectivity index is 2.06. The van der Waals surface area contributed by atoms with E-state index in [4.69, 9.17) is 4.74 Å². The van der Waals surface area contributed by atoms with Crippen LogP contribution in [-0.4, -0.2) is 32.2 Å². The lowest BCUT2D eigenvalue weighted by Gasteiger charge is -2.04. The van der Waals surface area contributed by atoms with Gasteiger partial charge in [-0.25, -0.2) is 4.98 Å². The monoisotopic (exact) mass is 297 g/mol. The summed E-state index contributed by atoms with van der Waals surface area (Å²) in [6.07, 6.45) is 1.64. The minimum atomic E-state index is -0.477. The van der Waals surface area contributed by atoms with Gasteiger partial charge in [0.25, 0.3) is 5.69 Å². The molecule has 0 unspecified atom stereocenters. The van der Waals surface area contributed by atoms with Gasteiger partial charge in [0.2, 0.25) is 0 Å². The van der Waals surface area contributed by atoms with E-state index >= 15 is 0 Å². The van der Waals surface area contributed by atoms with Crippen LogP contribution in [0.5, 0.6) is 5.75 Å². The molecule has 22 heavy (non-hydrogen) atoms. The number of nitro benzene ring substituents is 1. The number of hydrogen-bond acceptors (Lipinski definition) is 6. The predicted molar refractivity (Wildman–Crippen MR) is 78.3 cm³/mol. The predicted octanol–water partition coefficient (Wildman–Crippen LogP) is 2.45. The molecule has 0 amide bonds. The molecule has 3 aromatic rings. The van der Waals surface area contributed by atoms with Crippen molar-refractivity contribution in [2.45, 2.75) is 0 Å². The number of nitrogens with one attached hydrogen (secondary N) is 1. The van der Waals surface area contributed by atoms with Crippen molar-refractivity contribution in [3.05, 3.63) is 52.7 Å². The van der Waals surface area contributed by atoms with Crippen LogP contribution in [0, 0.1) is 10.1 Å². The van der Waals surface area contributed by atoms with E-state index in [1.165, 1.54) is 25.3 Å². The van der Waals surface area contributed by atoms with E-state index in [9.17, 15) is 10.1 Å². The second-order valence-corrected chi connectivity index (χ2v) is 4.36. The SMILES string of the molecule is COc1ccc([N+](=O)[O-])cc1-c1n[nH]c(-c2ccccn2)n1. The summed E-state index contributed by atoms with van der Waals surface area (Å²) in [5.74, 6) is 1.24. The van der Waals surface area contributed by atoms with Gasteiger partial charge in [0.05, 0.1) is 17.6 Å². The van der Waals surface area contributed by atoms with E-state index in [1.807, 2.05) is 6.07 Å². The van der Waals surface area contributed by atoms with Crippen LogP contribution in [0.1, 0.15) is 0 Å². The Hall–Kier alpha value is -3.29. The highest BCUT2D eigenvalue weighted by Gasteiger charge is 2.17. The Labute approximate surface area is 125 Å². The van der Waals surface area contributed by atoms with Crippen molar-refractivity contribution in [1.82, 2.24) is 20.2 Å². The van der Waals surface area contributed by atoms with E-state index in [0.717, 1.165) is 0 Å². The van der Waals surface area contributed by atoms with Crippen molar-refractivity contribution in [2.75, 3.05) is 7.11 Å². The smallest absolute Gasteiger partial charge is 0.270 e. The molecular weight excluding hydrogens is 286 g/mol. The molecule has 0 bridgehead atoms. The molecule has 8 heteroatoms. The molecule has 0 fully saturated rings. The number of rotatable bonds is 4. The summed E-state index contributed by atoms with van der Waals surface area (Å²) in [5.41, 5.74) is 1.01. The number of hydrogen-bond donors (Lipinski definition) is 1. The molecule has 3 rings (SSSR count). The highest BCUT2D eigenvalue weighted by atomic mass is 16.6. The summed E-state index contributed by atoms with van der Waals surface area (Å²) >= 11 is 0. The molecule has 1 N–H and O–H groups in total. The number of H-pyrrole nitrogens is 1. The van der Waals surface area contributed by atoms with Gasteiger partial charge in [-0.15, -0.1) is 0 Å². The number of nitrogens with zero attached hydrogens (tertiary/aromatic N) is 4. The van der Waals surface area contributed by atoms with Gasteiger partial charge in [0.1, 0.15) is 11.4 Å². The van der Waals surface area contributed by atoms with E-state index < -0.39 is 4.92 Å². The molecule has 1 aromatic carbocycles. The van der Waals surface area contributed by atoms with Crippen molar-refractivity contribution in [2.24, 2.45) is 0 Å². The van der Waals surface area contributed by atoms with Crippen LogP contribution in [0.2, 0.25) is 0 Å². The minimum absolute atomic E-state index is 0.0556. The molecule has 110 valence electrons. The molecule has 0 saturated carbocycles. The van der Waals surface area contributed by atoms with Crippen LogP contribution in [0.15, 0.2) is 42.6 Å². The van der Waals surface area contributed by atoms with E-state index in [1.54, 1.807) is 18.3 Å². The van der Waals surface area contributed by atoms with Crippen molar-refractivity contribution in [3.63, 3.8) is 0 Å². The fourth-order valence-corrected chi connectivity index (χ4v) is 1.98. The standard InChI is InChI=1S/C14H11N5O3/c1-22-12-6-5-9(19(20)21)8-10(12)13-16-14(18-17-13)11-4-2-3-7-15-11/h2-8H,1H3,(H,16,17,18). The van der Waals surface area contributed by atoms with Gasteiger partial charge in [-0.2, -0.15) is 5.10 Å². The average molecular weight is 297 g/mol. The number of aromatic nitrogens is 4. The number of non-ortho nitro benzene ring substituents is 1. The molecule has 8 nitrogen and oxygen atoms in total. The summed E-state index contributed by atoms with van der Waals surface area (Å²) in [4.78, 5) is 18.9. The van der Waals surface area contributed by atoms with Crippen LogP contribution >= 0.6 is 0 Å². The van der Waals surface area contributed by atoms with Crippen molar-refractivity contribution >= 4 is 5.69 Å². The summed E-state index contributed by atoms with van der Waals surface area (Å²) in [5, 5.41) is 17.8. The highest BCUT2D eigenvalue weighted by molar-refractivity contribution is 5.68. The Morgan fingerprint density at radius 2 is 2.14 bits per heavy atom. The third-order valence-corrected chi connectivity index (χ3v) is 3.03. The summed E-state index contributed by atoms with van der Waals surface area (Å²) < 4.78 is 5.22. The molecule has 0 atom stereocenters. The fraction of sp³-hybridized carbons (Fsp3) is 0.0714. The van der Waals surface area contributed by atoms with Gasteiger partial charge in [-0.1, -0.05) is 6.07 Å². The van der Waals surface area contributed by atoms with E-state index in [-0.39, 0.29) is 5.69 Å². The maximum Gasteiger partial charge on any atom is 0.270 e.